The number of fused-ring (bicyclic) bond motifs is 1. The third-order valence-corrected chi connectivity index (χ3v) is 2.38. The summed E-state index contributed by atoms with van der Waals surface area (Å²) in [5, 5.41) is 0. The third-order valence-electron chi connectivity index (χ3n) is 2.38. The number of pyridine rings is 1. The van der Waals surface area contributed by atoms with Gasteiger partial charge in [0.1, 0.15) is 0 Å². The van der Waals surface area contributed by atoms with Crippen LogP contribution >= 0.6 is 0 Å². The fraction of sp³-hybridized carbons (Fsp3) is 0.273. The number of Topliss-reactive ketones (excluding diaryl/α,β-unsaturated/α-hetero) is 1. The van der Waals surface area contributed by atoms with Crippen molar-refractivity contribution >= 4 is 17.7 Å². The van der Waals surface area contributed by atoms with Crippen LogP contribution in [0.4, 0.5) is 0 Å². The van der Waals surface area contributed by atoms with Gasteiger partial charge in [0.05, 0.1) is 6.61 Å². The molecule has 1 aromatic heterocycles. The summed E-state index contributed by atoms with van der Waals surface area (Å²) in [4.78, 5) is 35.0. The van der Waals surface area contributed by atoms with Gasteiger partial charge in [-0.15, -0.1) is 4.57 Å². The highest BCUT2D eigenvalue weighted by atomic mass is 16.5. The first-order valence-electron chi connectivity index (χ1n) is 4.92. The van der Waals surface area contributed by atoms with E-state index in [0.717, 1.165) is 0 Å². The normalized spacial score (nSPS) is 18.4. The van der Waals surface area contributed by atoms with Crippen LogP contribution in [0.3, 0.4) is 0 Å². The SMILES string of the molecule is CCOC(=O)[C@H]1C(=O)c2cccc[n+]2C1=O. The molecule has 1 atom stereocenters. The van der Waals surface area contributed by atoms with E-state index in [0.29, 0.717) is 0 Å². The summed E-state index contributed by atoms with van der Waals surface area (Å²) in [7, 11) is 0. The van der Waals surface area contributed by atoms with E-state index in [1.54, 1.807) is 19.1 Å². The Bertz CT molecular complexity index is 446. The molecule has 0 spiro atoms. The van der Waals surface area contributed by atoms with Crippen molar-refractivity contribution in [2.75, 3.05) is 6.61 Å². The zero-order chi connectivity index (χ0) is 11.7. The van der Waals surface area contributed by atoms with E-state index >= 15 is 0 Å². The number of ketones is 1. The largest absolute Gasteiger partial charge is 0.465 e. The first kappa shape index (κ1) is 10.5. The lowest BCUT2D eigenvalue weighted by Gasteiger charge is -2.00. The summed E-state index contributed by atoms with van der Waals surface area (Å²) in [5.41, 5.74) is 0.227. The summed E-state index contributed by atoms with van der Waals surface area (Å²) in [5.74, 6) is -3.15. The molecule has 5 heteroatoms. The minimum absolute atomic E-state index is 0.150. The predicted octanol–water partition coefficient (Wildman–Crippen LogP) is -0.0101. The first-order chi connectivity index (χ1) is 7.66. The van der Waals surface area contributed by atoms with Crippen molar-refractivity contribution in [1.82, 2.24) is 0 Å². The lowest BCUT2D eigenvalue weighted by atomic mass is 10.1. The Kier molecular flexibility index (Phi) is 2.52. The molecule has 5 nitrogen and oxygen atoms in total. The van der Waals surface area contributed by atoms with Crippen molar-refractivity contribution in [2.45, 2.75) is 6.92 Å². The van der Waals surface area contributed by atoms with Gasteiger partial charge in [-0.3, -0.25) is 9.59 Å². The van der Waals surface area contributed by atoms with Crippen LogP contribution in [-0.2, 0) is 9.53 Å². The average molecular weight is 220 g/mol. The molecule has 0 aromatic carbocycles. The molecular weight excluding hydrogens is 210 g/mol. The number of ether oxygens (including phenoxy) is 1. The summed E-state index contributed by atoms with van der Waals surface area (Å²) >= 11 is 0. The lowest BCUT2D eigenvalue weighted by Crippen LogP contribution is -2.44. The molecule has 0 N–H and O–H groups in total. The van der Waals surface area contributed by atoms with Gasteiger partial charge in [0.25, 0.3) is 17.4 Å². The van der Waals surface area contributed by atoms with E-state index in [4.69, 9.17) is 4.74 Å². The van der Waals surface area contributed by atoms with Crippen LogP contribution in [0.25, 0.3) is 0 Å². The number of carbonyl (C=O) groups excluding carboxylic acids is 3. The molecule has 0 unspecified atom stereocenters. The fourth-order valence-electron chi connectivity index (χ4n) is 1.67. The van der Waals surface area contributed by atoms with Crippen molar-refractivity contribution in [3.05, 3.63) is 30.1 Å². The van der Waals surface area contributed by atoms with E-state index < -0.39 is 23.6 Å². The zero-order valence-electron chi connectivity index (χ0n) is 8.67. The number of aromatic nitrogens is 1. The molecule has 16 heavy (non-hydrogen) atoms. The van der Waals surface area contributed by atoms with Gasteiger partial charge in [0.15, 0.2) is 6.20 Å². The molecule has 0 radical (unpaired) electrons. The van der Waals surface area contributed by atoms with Crippen molar-refractivity contribution < 1.29 is 23.7 Å². The molecule has 1 aliphatic heterocycles. The van der Waals surface area contributed by atoms with Gasteiger partial charge in [-0.25, -0.2) is 4.79 Å². The lowest BCUT2D eigenvalue weighted by molar-refractivity contribution is -0.571. The van der Waals surface area contributed by atoms with E-state index in [1.165, 1.54) is 16.8 Å². The van der Waals surface area contributed by atoms with Gasteiger partial charge in [-0.2, -0.15) is 0 Å². The smallest absolute Gasteiger partial charge is 0.415 e. The van der Waals surface area contributed by atoms with Crippen LogP contribution in [0.2, 0.25) is 0 Å². The number of carbonyl (C=O) groups is 3. The van der Waals surface area contributed by atoms with Crippen molar-refractivity contribution in [3.8, 4) is 0 Å². The number of hydrogen-bond donors (Lipinski definition) is 0. The second kappa shape index (κ2) is 3.84. The topological polar surface area (TPSA) is 64.3 Å². The predicted molar refractivity (Wildman–Crippen MR) is 51.7 cm³/mol. The van der Waals surface area contributed by atoms with Crippen LogP contribution in [0.5, 0.6) is 0 Å². The zero-order valence-corrected chi connectivity index (χ0v) is 8.67. The van der Waals surface area contributed by atoms with Gasteiger partial charge in [0.2, 0.25) is 0 Å². The highest BCUT2D eigenvalue weighted by molar-refractivity contribution is 6.22. The van der Waals surface area contributed by atoms with Gasteiger partial charge in [-0.1, -0.05) is 0 Å². The summed E-state index contributed by atoms with van der Waals surface area (Å²) in [6.45, 7) is 1.78. The van der Waals surface area contributed by atoms with Crippen molar-refractivity contribution in [2.24, 2.45) is 5.92 Å². The molecule has 0 aliphatic carbocycles. The minimum atomic E-state index is -1.33. The summed E-state index contributed by atoms with van der Waals surface area (Å²) in [6.07, 6.45) is 1.47. The molecule has 0 bridgehead atoms. The van der Waals surface area contributed by atoms with E-state index in [9.17, 15) is 14.4 Å². The summed E-state index contributed by atoms with van der Waals surface area (Å²) < 4.78 is 5.89. The van der Waals surface area contributed by atoms with Gasteiger partial charge in [0, 0.05) is 12.1 Å². The van der Waals surface area contributed by atoms with Gasteiger partial charge >= 0.3 is 11.9 Å². The number of nitrogens with zero attached hydrogens (tertiary/aromatic N) is 1. The molecule has 0 saturated carbocycles. The summed E-state index contributed by atoms with van der Waals surface area (Å²) in [6, 6.07) is 4.78. The fourth-order valence-corrected chi connectivity index (χ4v) is 1.67. The molecule has 2 heterocycles. The molecule has 0 saturated heterocycles. The molecular formula is C11H10NO4+. The van der Waals surface area contributed by atoms with Crippen molar-refractivity contribution in [1.29, 1.82) is 0 Å². The number of hydrogen-bond acceptors (Lipinski definition) is 4. The number of rotatable bonds is 2. The van der Waals surface area contributed by atoms with E-state index in [1.807, 2.05) is 0 Å². The monoisotopic (exact) mass is 220 g/mol. The second-order valence-electron chi connectivity index (χ2n) is 3.34. The van der Waals surface area contributed by atoms with E-state index in [-0.39, 0.29) is 12.3 Å². The van der Waals surface area contributed by atoms with Crippen LogP contribution in [-0.4, -0.2) is 24.3 Å². The van der Waals surface area contributed by atoms with Gasteiger partial charge in [-0.05, 0) is 13.0 Å². The number of esters is 1. The van der Waals surface area contributed by atoms with Gasteiger partial charge < -0.3 is 4.74 Å². The van der Waals surface area contributed by atoms with E-state index in [2.05, 4.69) is 0 Å². The molecule has 1 aliphatic rings. The maximum absolute atomic E-state index is 11.8. The molecule has 0 amide bonds. The Labute approximate surface area is 91.6 Å². The Balaban J connectivity index is 2.39. The highest BCUT2D eigenvalue weighted by Gasteiger charge is 2.52. The van der Waals surface area contributed by atoms with Crippen LogP contribution < -0.4 is 4.57 Å². The van der Waals surface area contributed by atoms with Crippen LogP contribution in [0, 0.1) is 5.92 Å². The third kappa shape index (κ3) is 1.41. The van der Waals surface area contributed by atoms with Crippen LogP contribution in [0.1, 0.15) is 22.2 Å². The first-order valence-corrected chi connectivity index (χ1v) is 4.92. The molecule has 0 fully saturated rings. The Morgan fingerprint density at radius 1 is 1.44 bits per heavy atom. The maximum atomic E-state index is 11.8. The molecule has 1 aromatic rings. The Morgan fingerprint density at radius 3 is 2.81 bits per heavy atom. The Morgan fingerprint density at radius 2 is 2.19 bits per heavy atom. The standard InChI is InChI=1S/C11H10NO4/c1-2-16-11(15)8-9(13)7-5-3-4-6-12(7)10(8)14/h3-6,8H,2H2,1H3/q+1/t8-/m0/s1. The second-order valence-corrected chi connectivity index (χ2v) is 3.34. The minimum Gasteiger partial charge on any atom is -0.465 e. The van der Waals surface area contributed by atoms with Crippen molar-refractivity contribution in [3.63, 3.8) is 0 Å². The molecule has 2 rings (SSSR count). The quantitative estimate of drug-likeness (QED) is 0.399. The van der Waals surface area contributed by atoms with Crippen LogP contribution in [0.15, 0.2) is 24.4 Å². The maximum Gasteiger partial charge on any atom is 0.415 e. The highest BCUT2D eigenvalue weighted by Crippen LogP contribution is 2.15. The molecule has 82 valence electrons. The average Bonchev–Trinajstić information content (AvgIpc) is 2.53. The Hall–Kier alpha value is -2.04.